The zero-order chi connectivity index (χ0) is 9.42. The van der Waals surface area contributed by atoms with Gasteiger partial charge in [0.1, 0.15) is 0 Å². The molecule has 0 spiro atoms. The molecule has 1 heterocycles. The van der Waals surface area contributed by atoms with Crippen molar-refractivity contribution >= 4 is 11.6 Å². The van der Waals surface area contributed by atoms with Gasteiger partial charge in [-0.15, -0.1) is 0 Å². The van der Waals surface area contributed by atoms with Crippen molar-refractivity contribution in [1.29, 1.82) is 0 Å². The van der Waals surface area contributed by atoms with Gasteiger partial charge in [0.2, 0.25) is 5.91 Å². The number of para-hydroxylation sites is 1. The number of anilines is 1. The van der Waals surface area contributed by atoms with Crippen LogP contribution in [0.5, 0.6) is 0 Å². The highest BCUT2D eigenvalue weighted by atomic mass is 16.2. The summed E-state index contributed by atoms with van der Waals surface area (Å²) < 4.78 is 0. The van der Waals surface area contributed by atoms with E-state index in [0.29, 0.717) is 0 Å². The van der Waals surface area contributed by atoms with E-state index in [2.05, 4.69) is 6.92 Å². The molecule has 0 N–H and O–H groups in total. The number of carbonyl (C=O) groups is 1. The van der Waals surface area contributed by atoms with Gasteiger partial charge in [0.15, 0.2) is 0 Å². The largest absolute Gasteiger partial charge is 0.315 e. The highest BCUT2D eigenvalue weighted by molar-refractivity contribution is 6.04. The first-order valence-corrected chi connectivity index (χ1v) is 4.62. The topological polar surface area (TPSA) is 20.3 Å². The highest BCUT2D eigenvalue weighted by Crippen LogP contribution is 2.37. The minimum Gasteiger partial charge on any atom is -0.315 e. The van der Waals surface area contributed by atoms with Crippen LogP contribution in [0, 0.1) is 0 Å². The number of fused-ring (bicyclic) bond motifs is 1. The summed E-state index contributed by atoms with van der Waals surface area (Å²) in [4.78, 5) is 13.5. The second-order valence-electron chi connectivity index (χ2n) is 3.42. The Morgan fingerprint density at radius 2 is 2.08 bits per heavy atom. The van der Waals surface area contributed by atoms with E-state index in [9.17, 15) is 4.79 Å². The van der Waals surface area contributed by atoms with Crippen molar-refractivity contribution in [2.24, 2.45) is 0 Å². The monoisotopic (exact) mass is 175 g/mol. The van der Waals surface area contributed by atoms with Gasteiger partial charge in [-0.05, 0) is 18.1 Å². The Balaban J connectivity index is 2.53. The number of benzene rings is 1. The number of likely N-dealkylation sites (N-methyl/N-ethyl adjacent to an activating group) is 1. The fourth-order valence-electron chi connectivity index (χ4n) is 1.97. The van der Waals surface area contributed by atoms with Crippen molar-refractivity contribution < 1.29 is 4.79 Å². The molecule has 1 atom stereocenters. The molecule has 0 aromatic heterocycles. The Kier molecular flexibility index (Phi) is 1.83. The van der Waals surface area contributed by atoms with Gasteiger partial charge in [-0.25, -0.2) is 0 Å². The average Bonchev–Trinajstić information content (AvgIpc) is 2.41. The van der Waals surface area contributed by atoms with Crippen LogP contribution in [0.2, 0.25) is 0 Å². The number of nitrogens with zero attached hydrogens (tertiary/aromatic N) is 1. The molecule has 0 saturated heterocycles. The molecule has 2 nitrogen and oxygen atoms in total. The van der Waals surface area contributed by atoms with Crippen LogP contribution in [0.1, 0.15) is 24.8 Å². The van der Waals surface area contributed by atoms with E-state index in [1.54, 1.807) is 4.90 Å². The van der Waals surface area contributed by atoms with Gasteiger partial charge in [-0.3, -0.25) is 4.79 Å². The lowest BCUT2D eigenvalue weighted by Crippen LogP contribution is -2.23. The third kappa shape index (κ3) is 1.05. The zero-order valence-electron chi connectivity index (χ0n) is 7.95. The maximum atomic E-state index is 11.7. The molecule has 0 radical (unpaired) electrons. The summed E-state index contributed by atoms with van der Waals surface area (Å²) in [5.41, 5.74) is 2.25. The average molecular weight is 175 g/mol. The molecule has 2 heteroatoms. The first-order chi connectivity index (χ1) is 6.25. The molecule has 1 aliphatic heterocycles. The summed E-state index contributed by atoms with van der Waals surface area (Å²) in [5, 5.41) is 0. The van der Waals surface area contributed by atoms with E-state index in [-0.39, 0.29) is 11.8 Å². The molecule has 1 aliphatic rings. The molecule has 1 amide bonds. The van der Waals surface area contributed by atoms with Crippen LogP contribution < -0.4 is 4.90 Å². The minimum atomic E-state index is 0.0844. The molecule has 0 saturated carbocycles. The minimum absolute atomic E-state index is 0.0844. The molecule has 0 bridgehead atoms. The Bertz CT molecular complexity index is 346. The van der Waals surface area contributed by atoms with E-state index >= 15 is 0 Å². The van der Waals surface area contributed by atoms with E-state index < -0.39 is 0 Å². The fraction of sp³-hybridized carbons (Fsp3) is 0.364. The quantitative estimate of drug-likeness (QED) is 0.640. The van der Waals surface area contributed by atoms with Crippen molar-refractivity contribution in [3.63, 3.8) is 0 Å². The van der Waals surface area contributed by atoms with Crippen LogP contribution in [0.25, 0.3) is 0 Å². The second kappa shape index (κ2) is 2.87. The normalized spacial score (nSPS) is 20.6. The summed E-state index contributed by atoms with van der Waals surface area (Å²) in [6.45, 7) is 2.05. The lowest BCUT2D eigenvalue weighted by molar-refractivity contribution is -0.119. The second-order valence-corrected chi connectivity index (χ2v) is 3.42. The lowest BCUT2D eigenvalue weighted by atomic mass is 9.98. The third-order valence-electron chi connectivity index (χ3n) is 2.71. The zero-order valence-corrected chi connectivity index (χ0v) is 7.95. The first kappa shape index (κ1) is 8.30. The standard InChI is InChI=1S/C11H13NO/c1-3-8-9-6-4-5-7-10(9)12(2)11(8)13/h4-8H,3H2,1-2H3/t8-/m1/s1. The molecular formula is C11H13NO. The lowest BCUT2D eigenvalue weighted by Gasteiger charge is -2.09. The van der Waals surface area contributed by atoms with Gasteiger partial charge in [0, 0.05) is 12.7 Å². The molecular weight excluding hydrogens is 162 g/mol. The number of hydrogen-bond acceptors (Lipinski definition) is 1. The van der Waals surface area contributed by atoms with Crippen LogP contribution in [-0.4, -0.2) is 13.0 Å². The van der Waals surface area contributed by atoms with Gasteiger partial charge in [-0.1, -0.05) is 25.1 Å². The molecule has 1 aromatic carbocycles. The van der Waals surface area contributed by atoms with Crippen molar-refractivity contribution in [3.05, 3.63) is 29.8 Å². The van der Waals surface area contributed by atoms with Crippen molar-refractivity contribution in [2.75, 3.05) is 11.9 Å². The van der Waals surface area contributed by atoms with Gasteiger partial charge in [-0.2, -0.15) is 0 Å². The molecule has 2 rings (SSSR count). The van der Waals surface area contributed by atoms with Gasteiger partial charge < -0.3 is 4.90 Å². The number of amides is 1. The van der Waals surface area contributed by atoms with Gasteiger partial charge in [0.05, 0.1) is 5.92 Å². The van der Waals surface area contributed by atoms with Crippen LogP contribution >= 0.6 is 0 Å². The Labute approximate surface area is 78.2 Å². The van der Waals surface area contributed by atoms with Crippen molar-refractivity contribution in [2.45, 2.75) is 19.3 Å². The maximum Gasteiger partial charge on any atom is 0.234 e. The molecule has 13 heavy (non-hydrogen) atoms. The first-order valence-electron chi connectivity index (χ1n) is 4.62. The SMILES string of the molecule is CC[C@H]1C(=O)N(C)c2ccccc21. The van der Waals surface area contributed by atoms with Gasteiger partial charge in [0.25, 0.3) is 0 Å². The number of carbonyl (C=O) groups excluding carboxylic acids is 1. The van der Waals surface area contributed by atoms with E-state index in [1.807, 2.05) is 31.3 Å². The van der Waals surface area contributed by atoms with Crippen LogP contribution in [0.4, 0.5) is 5.69 Å². The highest BCUT2D eigenvalue weighted by Gasteiger charge is 2.32. The summed E-state index contributed by atoms with van der Waals surface area (Å²) >= 11 is 0. The predicted octanol–water partition coefficient (Wildman–Crippen LogP) is 2.16. The molecule has 0 unspecified atom stereocenters. The summed E-state index contributed by atoms with van der Waals surface area (Å²) in [7, 11) is 1.84. The number of rotatable bonds is 1. The van der Waals surface area contributed by atoms with Crippen molar-refractivity contribution in [3.8, 4) is 0 Å². The molecule has 1 aromatic rings. The van der Waals surface area contributed by atoms with Crippen LogP contribution in [-0.2, 0) is 4.79 Å². The molecule has 0 aliphatic carbocycles. The van der Waals surface area contributed by atoms with Crippen LogP contribution in [0.15, 0.2) is 24.3 Å². The fourth-order valence-corrected chi connectivity index (χ4v) is 1.97. The van der Waals surface area contributed by atoms with E-state index in [1.165, 1.54) is 5.56 Å². The Morgan fingerprint density at radius 3 is 2.77 bits per heavy atom. The summed E-state index contributed by atoms with van der Waals surface area (Å²) in [6.07, 6.45) is 0.889. The summed E-state index contributed by atoms with van der Waals surface area (Å²) in [5.74, 6) is 0.310. The van der Waals surface area contributed by atoms with Crippen molar-refractivity contribution in [1.82, 2.24) is 0 Å². The number of hydrogen-bond donors (Lipinski definition) is 0. The third-order valence-corrected chi connectivity index (χ3v) is 2.71. The summed E-state index contributed by atoms with van der Waals surface area (Å²) in [6, 6.07) is 8.02. The predicted molar refractivity (Wildman–Crippen MR) is 52.9 cm³/mol. The van der Waals surface area contributed by atoms with E-state index in [0.717, 1.165) is 12.1 Å². The van der Waals surface area contributed by atoms with Gasteiger partial charge >= 0.3 is 0 Å². The smallest absolute Gasteiger partial charge is 0.234 e. The van der Waals surface area contributed by atoms with E-state index in [4.69, 9.17) is 0 Å². The molecule has 0 fully saturated rings. The van der Waals surface area contributed by atoms with Crippen LogP contribution in [0.3, 0.4) is 0 Å². The Morgan fingerprint density at radius 1 is 1.38 bits per heavy atom. The Hall–Kier alpha value is -1.31. The maximum absolute atomic E-state index is 11.7. The molecule has 68 valence electrons.